The lowest BCUT2D eigenvalue weighted by atomic mass is 10.4. The van der Waals surface area contributed by atoms with Crippen LogP contribution < -0.4 is 4.74 Å². The number of carboxylic acid groups (broad SMARTS) is 1. The molecule has 3 heterocycles. The lowest BCUT2D eigenvalue weighted by molar-refractivity contribution is -0.138. The van der Waals surface area contributed by atoms with Crippen molar-refractivity contribution in [3.63, 3.8) is 0 Å². The van der Waals surface area contributed by atoms with Crippen LogP contribution in [0.1, 0.15) is 0 Å². The molecule has 9 nitrogen and oxygen atoms in total. The van der Waals surface area contributed by atoms with Crippen LogP contribution in [-0.2, 0) is 11.3 Å². The van der Waals surface area contributed by atoms with Crippen LogP contribution in [0.2, 0.25) is 0 Å². The molecule has 3 aromatic heterocycles. The summed E-state index contributed by atoms with van der Waals surface area (Å²) in [6, 6.07) is 3.65. The van der Waals surface area contributed by atoms with Gasteiger partial charge in [-0.05, 0) is 15.7 Å². The molecule has 0 radical (unpaired) electrons. The second kappa shape index (κ2) is 5.61. The zero-order valence-electron chi connectivity index (χ0n) is 10.7. The predicted octanol–water partition coefficient (Wildman–Crippen LogP) is 1.01. The Labute approximate surface area is 124 Å². The van der Waals surface area contributed by atoms with E-state index < -0.39 is 15.7 Å². The molecule has 0 fully saturated rings. The Hall–Kier alpha value is -2.27. The summed E-state index contributed by atoms with van der Waals surface area (Å²) in [5, 5.41) is 23.3. The van der Waals surface area contributed by atoms with Crippen LogP contribution >= 0.6 is 20.5 Å². The molecular weight excluding hydrogens is 316 g/mol. The smallest absolute Gasteiger partial charge is 0.327 e. The van der Waals surface area contributed by atoms with Crippen molar-refractivity contribution in [3.05, 3.63) is 17.5 Å². The lowest BCUT2D eigenvalue weighted by Crippen LogP contribution is -2.11. The molecule has 1 atom stereocenters. The fourth-order valence-corrected chi connectivity index (χ4v) is 4.15. The highest BCUT2D eigenvalue weighted by Gasteiger charge is 2.20. The molecule has 21 heavy (non-hydrogen) atoms. The third-order valence-electron chi connectivity index (χ3n) is 2.36. The number of fused-ring (bicyclic) bond motifs is 1. The van der Waals surface area contributed by atoms with Gasteiger partial charge in [-0.1, -0.05) is 5.10 Å². The van der Waals surface area contributed by atoms with Crippen molar-refractivity contribution >= 4 is 37.5 Å². The van der Waals surface area contributed by atoms with Crippen molar-refractivity contribution in [2.24, 2.45) is 0 Å². The lowest BCUT2D eigenvalue weighted by Gasteiger charge is -1.93. The van der Waals surface area contributed by atoms with Crippen LogP contribution in [0.25, 0.3) is 11.0 Å². The van der Waals surface area contributed by atoms with Gasteiger partial charge in [0, 0.05) is 6.07 Å². The summed E-state index contributed by atoms with van der Waals surface area (Å²) in [6.45, 7) is -0.318. The second-order valence-corrected chi connectivity index (χ2v) is 6.86. The van der Waals surface area contributed by atoms with Crippen molar-refractivity contribution in [1.82, 2.24) is 29.6 Å². The van der Waals surface area contributed by atoms with E-state index in [-0.39, 0.29) is 6.54 Å². The summed E-state index contributed by atoms with van der Waals surface area (Å²) >= 11 is 0. The molecule has 1 N–H and O–H groups in total. The van der Waals surface area contributed by atoms with Crippen LogP contribution in [0, 0.1) is 0 Å². The minimum Gasteiger partial charge on any atom is -0.481 e. The number of aromatic nitrogens is 6. The van der Waals surface area contributed by atoms with Crippen LogP contribution in [-0.4, -0.2) is 47.8 Å². The number of hydrogen-bond donors (Lipinski definition) is 1. The van der Waals surface area contributed by atoms with E-state index in [1.807, 2.05) is 11.4 Å². The molecule has 1 unspecified atom stereocenters. The molecule has 0 aliphatic carbocycles. The van der Waals surface area contributed by atoms with E-state index >= 15 is 0 Å². The van der Waals surface area contributed by atoms with Gasteiger partial charge in [0.15, 0.2) is 21.6 Å². The summed E-state index contributed by atoms with van der Waals surface area (Å²) in [5.74, 6) is -0.515. The Balaban J connectivity index is 1.81. The normalized spacial score (nSPS) is 11.8. The highest BCUT2D eigenvalue weighted by molar-refractivity contribution is 8.44. The molecule has 3 aromatic rings. The number of rotatable bonds is 5. The Morgan fingerprint density at radius 1 is 1.52 bits per heavy atom. The molecule has 0 saturated carbocycles. The molecule has 0 aliphatic rings. The number of methoxy groups -OCH3 is 1. The van der Waals surface area contributed by atoms with Crippen molar-refractivity contribution in [3.8, 4) is 5.88 Å². The largest absolute Gasteiger partial charge is 0.481 e. The standard InChI is InChI=1S/C10H8N6O3S2/c1-19-7-3-2-6-5-21(14-9(6)11-7)20-10-12-15-16(13-10)4-8(17)18/h2-3,5H,4H2,1H3/p+1. The maximum Gasteiger partial charge on any atom is 0.327 e. The Bertz CT molecular complexity index is 801. The summed E-state index contributed by atoms with van der Waals surface area (Å²) in [5.41, 5.74) is 0.614. The molecule has 0 aromatic carbocycles. The number of carboxylic acids is 1. The van der Waals surface area contributed by atoms with E-state index in [2.05, 4.69) is 24.8 Å². The number of pyridine rings is 1. The van der Waals surface area contributed by atoms with Crippen molar-refractivity contribution in [2.75, 3.05) is 7.11 Å². The van der Waals surface area contributed by atoms with Gasteiger partial charge < -0.3 is 9.84 Å². The summed E-state index contributed by atoms with van der Waals surface area (Å²) in [4.78, 5) is 15.8. The number of ether oxygens (including phenoxy) is 1. The van der Waals surface area contributed by atoms with Gasteiger partial charge in [-0.2, -0.15) is 9.78 Å². The molecule has 3 rings (SSSR count). The van der Waals surface area contributed by atoms with E-state index in [9.17, 15) is 4.79 Å². The van der Waals surface area contributed by atoms with Gasteiger partial charge in [-0.25, -0.2) is 0 Å². The van der Waals surface area contributed by atoms with Crippen molar-refractivity contribution in [1.29, 1.82) is 0 Å². The van der Waals surface area contributed by atoms with Crippen LogP contribution in [0.4, 0.5) is 0 Å². The fourth-order valence-electron chi connectivity index (χ4n) is 1.51. The number of nitrogens with zero attached hydrogens (tertiary/aromatic N) is 6. The topological polar surface area (TPSA) is 116 Å². The van der Waals surface area contributed by atoms with Gasteiger partial charge in [0.1, 0.15) is 0 Å². The van der Waals surface area contributed by atoms with Crippen LogP contribution in [0.3, 0.4) is 0 Å². The maximum absolute atomic E-state index is 10.6. The van der Waals surface area contributed by atoms with Gasteiger partial charge >= 0.3 is 5.97 Å². The van der Waals surface area contributed by atoms with E-state index in [0.717, 1.165) is 10.2 Å². The molecule has 0 saturated heterocycles. The van der Waals surface area contributed by atoms with E-state index in [4.69, 9.17) is 9.84 Å². The van der Waals surface area contributed by atoms with Gasteiger partial charge in [-0.3, -0.25) is 4.79 Å². The summed E-state index contributed by atoms with van der Waals surface area (Å²) < 4.78 is 9.49. The Morgan fingerprint density at radius 3 is 3.14 bits per heavy atom. The average molecular weight is 325 g/mol. The van der Waals surface area contributed by atoms with Gasteiger partial charge in [0.05, 0.1) is 12.5 Å². The minimum absolute atomic E-state index is 0.318. The summed E-state index contributed by atoms with van der Waals surface area (Å²) in [6.07, 6.45) is 0. The molecule has 0 spiro atoms. The van der Waals surface area contributed by atoms with Crippen LogP contribution in [0.5, 0.6) is 5.88 Å². The highest BCUT2D eigenvalue weighted by Crippen LogP contribution is 2.37. The number of carbonyl (C=O) groups is 1. The van der Waals surface area contributed by atoms with Crippen molar-refractivity contribution < 1.29 is 14.6 Å². The summed E-state index contributed by atoms with van der Waals surface area (Å²) in [7, 11) is 2.33. The zero-order valence-corrected chi connectivity index (χ0v) is 12.3. The van der Waals surface area contributed by atoms with Crippen molar-refractivity contribution in [2.45, 2.75) is 11.7 Å². The molecule has 11 heteroatoms. The first-order valence-corrected chi connectivity index (χ1v) is 8.24. The number of tetrazole rings is 1. The van der Waals surface area contributed by atoms with E-state index in [1.54, 1.807) is 13.2 Å². The maximum atomic E-state index is 10.6. The molecule has 0 amide bonds. The molecular formula is C10H9N6O3S2+. The van der Waals surface area contributed by atoms with Gasteiger partial charge in [0.25, 0.3) is 5.16 Å². The molecule has 0 bridgehead atoms. The third-order valence-corrected chi connectivity index (χ3v) is 5.13. The van der Waals surface area contributed by atoms with E-state index in [0.29, 0.717) is 16.7 Å². The zero-order chi connectivity index (χ0) is 14.8. The highest BCUT2D eigenvalue weighted by atomic mass is 33.1. The monoisotopic (exact) mass is 325 g/mol. The fraction of sp³-hybridized carbons (Fsp3) is 0.200. The molecule has 108 valence electrons. The van der Waals surface area contributed by atoms with Gasteiger partial charge in [-0.15, -0.1) is 5.10 Å². The Morgan fingerprint density at radius 2 is 2.38 bits per heavy atom. The quantitative estimate of drug-likeness (QED) is 0.542. The minimum atomic E-state index is -1.02. The first-order valence-electron chi connectivity index (χ1n) is 5.67. The van der Waals surface area contributed by atoms with Crippen LogP contribution in [0.15, 0.2) is 22.7 Å². The second-order valence-electron chi connectivity index (χ2n) is 3.83. The first-order chi connectivity index (χ1) is 10.1. The average Bonchev–Trinajstić information content (AvgIpc) is 3.03. The predicted molar refractivity (Wildman–Crippen MR) is 75.3 cm³/mol. The van der Waals surface area contributed by atoms with Gasteiger partial charge in [0.2, 0.25) is 22.3 Å². The first kappa shape index (κ1) is 13.7. The Kier molecular flexibility index (Phi) is 3.66. The van der Waals surface area contributed by atoms with E-state index in [1.165, 1.54) is 10.8 Å². The SMILES string of the molecule is COc1ccc2c[s+](Sc3nnn(CC(=O)O)n3)nc2n1. The molecule has 0 aliphatic heterocycles. The third kappa shape index (κ3) is 3.08. The number of aliphatic carboxylic acids is 1. The number of hydrogen-bond acceptors (Lipinski definition) is 8.